The Morgan fingerprint density at radius 1 is 1.44 bits per heavy atom. The normalized spacial score (nSPS) is 10.2. The van der Waals surface area contributed by atoms with Crippen molar-refractivity contribution in [3.63, 3.8) is 0 Å². The molecule has 0 N–H and O–H groups in total. The predicted octanol–water partition coefficient (Wildman–Crippen LogP) is 3.20. The molecule has 1 rings (SSSR count). The topological polar surface area (TPSA) is 29.5 Å². The van der Waals surface area contributed by atoms with E-state index < -0.39 is 0 Å². The number of nitrogens with zero attached hydrogens (tertiary/aromatic N) is 1. The fraction of sp³-hybridized carbons (Fsp3) is 0.462. The van der Waals surface area contributed by atoms with Crippen molar-refractivity contribution in [1.29, 1.82) is 0 Å². The minimum absolute atomic E-state index is 0.0883. The Morgan fingerprint density at radius 3 is 2.89 bits per heavy atom. The molecule has 3 nitrogen and oxygen atoms in total. The second-order valence-corrected chi connectivity index (χ2v) is 4.73. The second kappa shape index (κ2) is 8.22. The van der Waals surface area contributed by atoms with E-state index in [0.29, 0.717) is 42.6 Å². The number of hydrogen-bond acceptors (Lipinski definition) is 2. The van der Waals surface area contributed by atoms with Crippen molar-refractivity contribution < 1.29 is 9.53 Å². The van der Waals surface area contributed by atoms with Gasteiger partial charge in [0.25, 0.3) is 0 Å². The summed E-state index contributed by atoms with van der Waals surface area (Å²) in [5, 5.41) is 0.638. The third-order valence-corrected chi connectivity index (χ3v) is 2.94. The molecule has 0 atom stereocenters. The van der Waals surface area contributed by atoms with Crippen molar-refractivity contribution in [3.05, 3.63) is 29.3 Å². The standard InChI is InChI=1S/C13H17Cl2NO2/c1-16(13(17)6-3-7-14)8-9-18-12-5-2-4-11(15)10-12/h2,4-5,10H,3,6-9H2,1H3. The molecule has 100 valence electrons. The summed E-state index contributed by atoms with van der Waals surface area (Å²) in [7, 11) is 1.76. The Kier molecular flexibility index (Phi) is 6.91. The number of rotatable bonds is 7. The summed E-state index contributed by atoms with van der Waals surface area (Å²) in [6.07, 6.45) is 1.19. The molecule has 1 aromatic rings. The molecule has 0 aliphatic heterocycles. The molecule has 0 fully saturated rings. The third-order valence-electron chi connectivity index (χ3n) is 2.44. The number of halogens is 2. The van der Waals surface area contributed by atoms with Gasteiger partial charge in [-0.3, -0.25) is 4.79 Å². The summed E-state index contributed by atoms with van der Waals surface area (Å²) < 4.78 is 5.51. The molecule has 0 aliphatic rings. The second-order valence-electron chi connectivity index (χ2n) is 3.91. The van der Waals surface area contributed by atoms with E-state index in [9.17, 15) is 4.79 Å². The predicted molar refractivity (Wildman–Crippen MR) is 74.5 cm³/mol. The Morgan fingerprint density at radius 2 is 2.22 bits per heavy atom. The molecule has 0 aromatic heterocycles. The van der Waals surface area contributed by atoms with Crippen molar-refractivity contribution in [2.45, 2.75) is 12.8 Å². The minimum atomic E-state index is 0.0883. The number of carbonyl (C=O) groups is 1. The Hall–Kier alpha value is -0.930. The molecule has 0 heterocycles. The zero-order valence-corrected chi connectivity index (χ0v) is 11.9. The number of likely N-dealkylation sites (N-methyl/N-ethyl adjacent to an activating group) is 1. The maximum Gasteiger partial charge on any atom is 0.222 e. The lowest BCUT2D eigenvalue weighted by molar-refractivity contribution is -0.130. The van der Waals surface area contributed by atoms with Crippen LogP contribution >= 0.6 is 23.2 Å². The van der Waals surface area contributed by atoms with Crippen LogP contribution in [-0.4, -0.2) is 36.9 Å². The van der Waals surface area contributed by atoms with Gasteiger partial charge in [0.1, 0.15) is 12.4 Å². The van der Waals surface area contributed by atoms with Gasteiger partial charge in [-0.15, -0.1) is 11.6 Å². The van der Waals surface area contributed by atoms with E-state index in [1.54, 1.807) is 24.1 Å². The molecule has 5 heteroatoms. The maximum atomic E-state index is 11.6. The first-order valence-corrected chi connectivity index (χ1v) is 6.73. The smallest absolute Gasteiger partial charge is 0.222 e. The minimum Gasteiger partial charge on any atom is -0.492 e. The first-order chi connectivity index (χ1) is 8.63. The first kappa shape index (κ1) is 15.1. The number of carbonyl (C=O) groups excluding carboxylic acids is 1. The van der Waals surface area contributed by atoms with Crippen LogP contribution in [0.2, 0.25) is 5.02 Å². The van der Waals surface area contributed by atoms with Gasteiger partial charge in [0.2, 0.25) is 5.91 Å². The van der Waals surface area contributed by atoms with Crippen LogP contribution in [0.15, 0.2) is 24.3 Å². The fourth-order valence-electron chi connectivity index (χ4n) is 1.39. The molecule has 0 bridgehead atoms. The van der Waals surface area contributed by atoms with Gasteiger partial charge in [-0.25, -0.2) is 0 Å². The molecule has 1 amide bonds. The lowest BCUT2D eigenvalue weighted by atomic mass is 10.3. The van der Waals surface area contributed by atoms with E-state index in [2.05, 4.69) is 0 Å². The van der Waals surface area contributed by atoms with Gasteiger partial charge >= 0.3 is 0 Å². The van der Waals surface area contributed by atoms with Crippen molar-refractivity contribution in [1.82, 2.24) is 4.90 Å². The molecule has 0 saturated heterocycles. The van der Waals surface area contributed by atoms with Crippen molar-refractivity contribution in [2.24, 2.45) is 0 Å². The van der Waals surface area contributed by atoms with Crippen LogP contribution < -0.4 is 4.74 Å². The van der Waals surface area contributed by atoms with Crippen LogP contribution in [0.25, 0.3) is 0 Å². The summed E-state index contributed by atoms with van der Waals surface area (Å²) in [4.78, 5) is 13.2. The van der Waals surface area contributed by atoms with E-state index in [1.807, 2.05) is 12.1 Å². The Labute approximate surface area is 118 Å². The summed E-state index contributed by atoms with van der Waals surface area (Å²) in [5.74, 6) is 1.31. The monoisotopic (exact) mass is 289 g/mol. The van der Waals surface area contributed by atoms with Crippen LogP contribution in [0.4, 0.5) is 0 Å². The highest BCUT2D eigenvalue weighted by atomic mass is 35.5. The van der Waals surface area contributed by atoms with Crippen LogP contribution in [0.5, 0.6) is 5.75 Å². The molecule has 0 unspecified atom stereocenters. The number of ether oxygens (including phenoxy) is 1. The average Bonchev–Trinajstić information content (AvgIpc) is 2.35. The SMILES string of the molecule is CN(CCOc1cccc(Cl)c1)C(=O)CCCCl. The Balaban J connectivity index is 2.26. The third kappa shape index (κ3) is 5.61. The van der Waals surface area contributed by atoms with E-state index >= 15 is 0 Å². The van der Waals surface area contributed by atoms with Crippen molar-refractivity contribution in [2.75, 3.05) is 26.1 Å². The maximum absolute atomic E-state index is 11.6. The fourth-order valence-corrected chi connectivity index (χ4v) is 1.70. The number of amides is 1. The lowest BCUT2D eigenvalue weighted by Gasteiger charge is -2.17. The zero-order valence-electron chi connectivity index (χ0n) is 10.4. The van der Waals surface area contributed by atoms with Crippen LogP contribution in [0.1, 0.15) is 12.8 Å². The molecule has 1 aromatic carbocycles. The summed E-state index contributed by atoms with van der Waals surface area (Å²) in [5.41, 5.74) is 0. The first-order valence-electron chi connectivity index (χ1n) is 5.82. The highest BCUT2D eigenvalue weighted by molar-refractivity contribution is 6.30. The Bertz CT molecular complexity index is 385. The van der Waals surface area contributed by atoms with Gasteiger partial charge in [-0.2, -0.15) is 0 Å². The number of hydrogen-bond donors (Lipinski definition) is 0. The van der Waals surface area contributed by atoms with Gasteiger partial charge in [0, 0.05) is 24.4 Å². The molecule has 0 radical (unpaired) electrons. The average molecular weight is 290 g/mol. The van der Waals surface area contributed by atoms with E-state index in [4.69, 9.17) is 27.9 Å². The van der Waals surface area contributed by atoms with Gasteiger partial charge in [0.05, 0.1) is 6.54 Å². The van der Waals surface area contributed by atoms with Gasteiger partial charge in [-0.1, -0.05) is 17.7 Å². The largest absolute Gasteiger partial charge is 0.492 e. The molecule has 0 aliphatic carbocycles. The number of benzene rings is 1. The van der Waals surface area contributed by atoms with Crippen molar-refractivity contribution in [3.8, 4) is 5.75 Å². The van der Waals surface area contributed by atoms with E-state index in [-0.39, 0.29) is 5.91 Å². The summed E-state index contributed by atoms with van der Waals surface area (Å²) in [6, 6.07) is 7.20. The van der Waals surface area contributed by atoms with Gasteiger partial charge in [0.15, 0.2) is 0 Å². The summed E-state index contributed by atoms with van der Waals surface area (Å²) >= 11 is 11.4. The highest BCUT2D eigenvalue weighted by Crippen LogP contribution is 2.16. The molecule has 18 heavy (non-hydrogen) atoms. The number of alkyl halides is 1. The quantitative estimate of drug-likeness (QED) is 0.722. The molecular formula is C13H17Cl2NO2. The highest BCUT2D eigenvalue weighted by Gasteiger charge is 2.07. The van der Waals surface area contributed by atoms with Crippen molar-refractivity contribution >= 4 is 29.1 Å². The zero-order chi connectivity index (χ0) is 13.4. The van der Waals surface area contributed by atoms with E-state index in [1.165, 1.54) is 0 Å². The molecule has 0 saturated carbocycles. The van der Waals surface area contributed by atoms with Crippen LogP contribution in [0.3, 0.4) is 0 Å². The lowest BCUT2D eigenvalue weighted by Crippen LogP contribution is -2.30. The van der Waals surface area contributed by atoms with Gasteiger partial charge in [-0.05, 0) is 24.6 Å². The molecular weight excluding hydrogens is 273 g/mol. The van der Waals surface area contributed by atoms with Gasteiger partial charge < -0.3 is 9.64 Å². The molecule has 0 spiro atoms. The summed E-state index contributed by atoms with van der Waals surface area (Å²) in [6.45, 7) is 0.997. The van der Waals surface area contributed by atoms with Crippen LogP contribution in [-0.2, 0) is 4.79 Å². The van der Waals surface area contributed by atoms with Crippen LogP contribution in [0, 0.1) is 0 Å². The van der Waals surface area contributed by atoms with E-state index in [0.717, 1.165) is 0 Å².